The van der Waals surface area contributed by atoms with Crippen LogP contribution in [0.25, 0.3) is 0 Å². The molecule has 0 bridgehead atoms. The molecule has 0 saturated heterocycles. The number of nitrogens with zero attached hydrogens (tertiary/aromatic N) is 1. The number of anilines is 1. The minimum Gasteiger partial charge on any atom is -0.480 e. The number of rotatable bonds is 2. The fourth-order valence-electron chi connectivity index (χ4n) is 1.32. The van der Waals surface area contributed by atoms with Gasteiger partial charge in [-0.3, -0.25) is 9.59 Å². The van der Waals surface area contributed by atoms with Crippen LogP contribution >= 0.6 is 0 Å². The molecule has 2 atom stereocenters. The van der Waals surface area contributed by atoms with Crippen LogP contribution in [0, 0.1) is 0 Å². The average Bonchev–Trinajstić information content (AvgIpc) is 2.27. The molecule has 2 unspecified atom stereocenters. The Bertz CT molecular complexity index is 448. The lowest BCUT2D eigenvalue weighted by atomic mass is 10.1. The Hall–Kier alpha value is -2.15. The van der Waals surface area contributed by atoms with Crippen LogP contribution in [0.15, 0.2) is 18.3 Å². The number of ether oxygens (including phenoxy) is 1. The first kappa shape index (κ1) is 10.4. The monoisotopic (exact) mass is 223 g/mol. The van der Waals surface area contributed by atoms with E-state index < -0.39 is 24.0 Å². The van der Waals surface area contributed by atoms with Gasteiger partial charge in [0.15, 0.2) is 11.6 Å². The number of amides is 1. The molecule has 0 saturated carbocycles. The molecule has 0 radical (unpaired) electrons. The summed E-state index contributed by atoms with van der Waals surface area (Å²) >= 11 is 0. The SMILES string of the molecule is NC(C(=O)O)C1Oc2cccnc2NC1=O. The van der Waals surface area contributed by atoms with Crippen molar-refractivity contribution < 1.29 is 19.4 Å². The Morgan fingerprint density at radius 2 is 2.44 bits per heavy atom. The lowest BCUT2D eigenvalue weighted by molar-refractivity contribution is -0.144. The Morgan fingerprint density at radius 1 is 1.69 bits per heavy atom. The van der Waals surface area contributed by atoms with Crippen molar-refractivity contribution in [2.75, 3.05) is 5.32 Å². The number of fused-ring (bicyclic) bond motifs is 1. The highest BCUT2D eigenvalue weighted by Crippen LogP contribution is 2.26. The maximum atomic E-state index is 11.5. The Balaban J connectivity index is 2.28. The summed E-state index contributed by atoms with van der Waals surface area (Å²) in [5.74, 6) is -1.33. The number of carboxylic acid groups (broad SMARTS) is 1. The highest BCUT2D eigenvalue weighted by atomic mass is 16.5. The molecule has 1 aromatic rings. The zero-order valence-electron chi connectivity index (χ0n) is 8.08. The highest BCUT2D eigenvalue weighted by molar-refractivity contribution is 5.99. The number of hydrogen-bond acceptors (Lipinski definition) is 5. The number of carboxylic acids is 1. The molecule has 0 aliphatic carbocycles. The van der Waals surface area contributed by atoms with E-state index in [1.54, 1.807) is 12.1 Å². The summed E-state index contributed by atoms with van der Waals surface area (Å²) in [6, 6.07) is 1.77. The first-order chi connectivity index (χ1) is 7.59. The number of aromatic nitrogens is 1. The molecule has 1 aliphatic rings. The lowest BCUT2D eigenvalue weighted by Gasteiger charge is -2.26. The van der Waals surface area contributed by atoms with Gasteiger partial charge in [0, 0.05) is 6.20 Å². The Kier molecular flexibility index (Phi) is 2.45. The van der Waals surface area contributed by atoms with Gasteiger partial charge in [0.1, 0.15) is 6.04 Å². The van der Waals surface area contributed by atoms with E-state index in [1.165, 1.54) is 6.20 Å². The molecule has 84 valence electrons. The summed E-state index contributed by atoms with van der Waals surface area (Å²) in [7, 11) is 0. The third-order valence-electron chi connectivity index (χ3n) is 2.14. The molecule has 2 rings (SSSR count). The van der Waals surface area contributed by atoms with Gasteiger partial charge in [0.2, 0.25) is 6.10 Å². The van der Waals surface area contributed by atoms with Gasteiger partial charge >= 0.3 is 5.97 Å². The second-order valence-corrected chi connectivity index (χ2v) is 3.24. The molecule has 16 heavy (non-hydrogen) atoms. The van der Waals surface area contributed by atoms with Crippen molar-refractivity contribution >= 4 is 17.7 Å². The van der Waals surface area contributed by atoms with Crippen molar-refractivity contribution in [1.29, 1.82) is 0 Å². The van der Waals surface area contributed by atoms with Crippen LogP contribution in [0.3, 0.4) is 0 Å². The van der Waals surface area contributed by atoms with E-state index in [0.717, 1.165) is 0 Å². The van der Waals surface area contributed by atoms with Crippen molar-refractivity contribution in [3.05, 3.63) is 18.3 Å². The third-order valence-corrected chi connectivity index (χ3v) is 2.14. The number of nitrogens with one attached hydrogen (secondary N) is 1. The predicted molar refractivity (Wildman–Crippen MR) is 52.9 cm³/mol. The van der Waals surface area contributed by atoms with E-state index in [4.69, 9.17) is 15.6 Å². The van der Waals surface area contributed by atoms with Crippen LogP contribution in [0.1, 0.15) is 0 Å². The van der Waals surface area contributed by atoms with Gasteiger partial charge in [-0.25, -0.2) is 4.98 Å². The normalized spacial score (nSPS) is 20.3. The summed E-state index contributed by atoms with van der Waals surface area (Å²) in [5, 5.41) is 11.1. The van der Waals surface area contributed by atoms with Gasteiger partial charge < -0.3 is 20.9 Å². The van der Waals surface area contributed by atoms with Crippen LogP contribution in [0.4, 0.5) is 5.82 Å². The topological polar surface area (TPSA) is 115 Å². The van der Waals surface area contributed by atoms with Gasteiger partial charge in [-0.15, -0.1) is 0 Å². The van der Waals surface area contributed by atoms with Gasteiger partial charge in [-0.05, 0) is 12.1 Å². The molecule has 0 fully saturated rings. The summed E-state index contributed by atoms with van der Waals surface area (Å²) < 4.78 is 5.19. The maximum absolute atomic E-state index is 11.5. The Morgan fingerprint density at radius 3 is 3.12 bits per heavy atom. The molecule has 1 aliphatic heterocycles. The lowest BCUT2D eigenvalue weighted by Crippen LogP contribution is -2.53. The summed E-state index contributed by atoms with van der Waals surface area (Å²) in [6.07, 6.45) is 0.245. The van der Waals surface area contributed by atoms with Crippen molar-refractivity contribution in [2.45, 2.75) is 12.1 Å². The predicted octanol–water partition coefficient (Wildman–Crippen LogP) is -0.807. The number of hydrogen-bond donors (Lipinski definition) is 3. The smallest absolute Gasteiger partial charge is 0.324 e. The standard InChI is InChI=1S/C9H9N3O4/c10-5(9(14)15)6-8(13)12-7-4(16-6)2-1-3-11-7/h1-3,5-6H,10H2,(H,14,15)(H,11,12,13). The Labute approximate surface area is 90.2 Å². The van der Waals surface area contributed by atoms with Crippen molar-refractivity contribution in [3.63, 3.8) is 0 Å². The first-order valence-corrected chi connectivity index (χ1v) is 4.50. The van der Waals surface area contributed by atoms with E-state index in [2.05, 4.69) is 10.3 Å². The third kappa shape index (κ3) is 1.68. The molecule has 7 nitrogen and oxygen atoms in total. The van der Waals surface area contributed by atoms with Crippen LogP contribution < -0.4 is 15.8 Å². The molecule has 1 amide bonds. The molecule has 4 N–H and O–H groups in total. The second-order valence-electron chi connectivity index (χ2n) is 3.24. The molecule has 2 heterocycles. The zero-order chi connectivity index (χ0) is 11.7. The average molecular weight is 223 g/mol. The van der Waals surface area contributed by atoms with Gasteiger partial charge in [-0.2, -0.15) is 0 Å². The van der Waals surface area contributed by atoms with Crippen LogP contribution in [-0.2, 0) is 9.59 Å². The first-order valence-electron chi connectivity index (χ1n) is 4.50. The molecule has 7 heteroatoms. The largest absolute Gasteiger partial charge is 0.480 e. The quantitative estimate of drug-likeness (QED) is 0.604. The minimum atomic E-state index is -1.41. The summed E-state index contributed by atoms with van der Waals surface area (Å²) in [5.41, 5.74) is 5.33. The van der Waals surface area contributed by atoms with Gasteiger partial charge in [0.05, 0.1) is 0 Å². The summed E-state index contributed by atoms with van der Waals surface area (Å²) in [4.78, 5) is 26.0. The van der Waals surface area contributed by atoms with Crippen molar-refractivity contribution in [3.8, 4) is 5.75 Å². The van der Waals surface area contributed by atoms with Crippen molar-refractivity contribution in [1.82, 2.24) is 4.98 Å². The van der Waals surface area contributed by atoms with E-state index in [9.17, 15) is 9.59 Å². The number of pyridine rings is 1. The van der Waals surface area contributed by atoms with E-state index in [0.29, 0.717) is 5.75 Å². The number of nitrogens with two attached hydrogens (primary N) is 1. The fourth-order valence-corrected chi connectivity index (χ4v) is 1.32. The molecule has 0 aromatic carbocycles. The van der Waals surface area contributed by atoms with Gasteiger partial charge in [-0.1, -0.05) is 0 Å². The van der Waals surface area contributed by atoms with Crippen molar-refractivity contribution in [2.24, 2.45) is 5.73 Å². The molecule has 0 spiro atoms. The fraction of sp³-hybridized carbons (Fsp3) is 0.222. The second kappa shape index (κ2) is 3.78. The van der Waals surface area contributed by atoms with E-state index in [-0.39, 0.29) is 5.82 Å². The van der Waals surface area contributed by atoms with E-state index >= 15 is 0 Å². The molecule has 1 aromatic heterocycles. The molecular weight excluding hydrogens is 214 g/mol. The zero-order valence-corrected chi connectivity index (χ0v) is 8.08. The number of aliphatic carboxylic acids is 1. The molecular formula is C9H9N3O4. The van der Waals surface area contributed by atoms with Crippen LogP contribution in [-0.4, -0.2) is 34.1 Å². The minimum absolute atomic E-state index is 0.265. The van der Waals surface area contributed by atoms with Gasteiger partial charge in [0.25, 0.3) is 5.91 Å². The summed E-state index contributed by atoms with van der Waals surface area (Å²) in [6.45, 7) is 0. The number of carbonyl (C=O) groups excluding carboxylic acids is 1. The van der Waals surface area contributed by atoms with Crippen LogP contribution in [0.2, 0.25) is 0 Å². The highest BCUT2D eigenvalue weighted by Gasteiger charge is 2.37. The maximum Gasteiger partial charge on any atom is 0.324 e. The van der Waals surface area contributed by atoms with Crippen LogP contribution in [0.5, 0.6) is 5.75 Å². The number of carbonyl (C=O) groups is 2. The van der Waals surface area contributed by atoms with E-state index in [1.807, 2.05) is 0 Å².